The van der Waals surface area contributed by atoms with Gasteiger partial charge >= 0.3 is 7.60 Å². The van der Waals surface area contributed by atoms with Crippen LogP contribution in [-0.2, 0) is 4.74 Å². The van der Waals surface area contributed by atoms with Crippen molar-refractivity contribution in [1.29, 1.82) is 0 Å². The summed E-state index contributed by atoms with van der Waals surface area (Å²) >= 11 is 6.17. The third-order valence-corrected chi connectivity index (χ3v) is 5.76. The Morgan fingerprint density at radius 2 is 1.86 bits per heavy atom. The summed E-state index contributed by atoms with van der Waals surface area (Å²) in [7, 11) is 0. The monoisotopic (exact) mass is 556 g/mol. The zero-order chi connectivity index (χ0) is 25.2. The summed E-state index contributed by atoms with van der Waals surface area (Å²) < 4.78 is 81.7. The molecule has 15 heteroatoms. The van der Waals surface area contributed by atoms with Gasteiger partial charge in [0.25, 0.3) is 5.78 Å². The summed E-state index contributed by atoms with van der Waals surface area (Å²) in [5, 5.41) is 5.57. The van der Waals surface area contributed by atoms with Crippen molar-refractivity contribution in [3.63, 3.8) is 0 Å². The summed E-state index contributed by atoms with van der Waals surface area (Å²) in [6.07, 6.45) is -2.99. The van der Waals surface area contributed by atoms with Gasteiger partial charge in [0.1, 0.15) is 40.7 Å². The molecule has 1 atom stereocenters. The second-order valence-corrected chi connectivity index (χ2v) is 8.28. The van der Waals surface area contributed by atoms with E-state index in [1.54, 1.807) is 0 Å². The van der Waals surface area contributed by atoms with Crippen LogP contribution < -0.4 is 22.5 Å². The standard InChI is InChI=1S/C21H22ClF5N6O2.ClH/c1-12(21(25,26)27)30-19-17(18(22)31-20-28-11-29-33(19)20)16-14(23)9-13(10-15(16)24)35-6-2-3-32-4-7-34-8-5-32;/h9-12,30H,2-8H2,1H3;1H/t12-;/m0./s1. The number of fused-ring (bicyclic) bond motifs is 1. The zero-order valence-corrected chi connectivity index (χ0v) is 20.5. The molecule has 2 aromatic heterocycles. The minimum absolute atomic E-state index is 0. The van der Waals surface area contributed by atoms with E-state index >= 15 is 8.78 Å². The molecule has 1 aliphatic heterocycles. The lowest BCUT2D eigenvalue weighted by Gasteiger charge is -2.26. The average molecular weight is 557 g/mol. The summed E-state index contributed by atoms with van der Waals surface area (Å²) in [5.74, 6) is -2.77. The van der Waals surface area contributed by atoms with Crippen LogP contribution in [0.3, 0.4) is 0 Å². The number of anilines is 1. The normalized spacial score (nSPS) is 15.5. The first-order valence-electron chi connectivity index (χ1n) is 10.8. The SMILES string of the molecule is C[C@H](Nc1c(-c2c(F)cc(OCCCN3CCOCC3)cc2F)c(Cl)nc2ncnn12)C(F)(F)F.[Cl-].[H+]. The van der Waals surface area contributed by atoms with E-state index in [9.17, 15) is 13.2 Å². The molecule has 8 nitrogen and oxygen atoms in total. The number of hydrogen-bond acceptors (Lipinski definition) is 7. The molecule has 1 saturated heterocycles. The van der Waals surface area contributed by atoms with Crippen molar-refractivity contribution < 1.29 is 45.3 Å². The third-order valence-electron chi connectivity index (χ3n) is 5.48. The maximum atomic E-state index is 15.1. The van der Waals surface area contributed by atoms with E-state index in [-0.39, 0.29) is 32.0 Å². The number of nitrogens with zero attached hydrogens (tertiary/aromatic N) is 5. The summed E-state index contributed by atoms with van der Waals surface area (Å²) in [5.41, 5.74) is -1.09. The maximum absolute atomic E-state index is 15.1. The largest absolute Gasteiger partial charge is 1.00 e. The van der Waals surface area contributed by atoms with Gasteiger partial charge in [0.05, 0.1) is 30.9 Å². The highest BCUT2D eigenvalue weighted by Gasteiger charge is 2.37. The van der Waals surface area contributed by atoms with Crippen LogP contribution in [0, 0.1) is 11.6 Å². The fraction of sp³-hybridized carbons (Fsp3) is 0.476. The molecule has 0 spiro atoms. The molecule has 1 fully saturated rings. The van der Waals surface area contributed by atoms with Gasteiger partial charge in [-0.25, -0.2) is 8.78 Å². The molecule has 0 aliphatic carbocycles. The molecule has 0 bridgehead atoms. The van der Waals surface area contributed by atoms with E-state index in [0.717, 1.165) is 49.5 Å². The van der Waals surface area contributed by atoms with Crippen molar-refractivity contribution in [1.82, 2.24) is 24.5 Å². The number of halogens is 7. The van der Waals surface area contributed by atoms with Crippen LogP contribution in [-0.4, -0.2) is 76.2 Å². The molecule has 198 valence electrons. The Kier molecular flexibility index (Phi) is 9.14. The molecule has 0 radical (unpaired) electrons. The van der Waals surface area contributed by atoms with Crippen LogP contribution in [0.15, 0.2) is 18.5 Å². The minimum Gasteiger partial charge on any atom is -1.00 e. The van der Waals surface area contributed by atoms with Crippen LogP contribution in [0.2, 0.25) is 5.15 Å². The number of alkyl halides is 3. The van der Waals surface area contributed by atoms with Crippen molar-refractivity contribution in [3.8, 4) is 16.9 Å². The molecule has 0 amide bonds. The lowest BCUT2D eigenvalue weighted by Crippen LogP contribution is -3.00. The van der Waals surface area contributed by atoms with Crippen LogP contribution in [0.25, 0.3) is 16.9 Å². The average Bonchev–Trinajstić information content (AvgIpc) is 3.26. The number of rotatable bonds is 8. The fourth-order valence-corrected chi connectivity index (χ4v) is 3.89. The number of morpholine rings is 1. The fourth-order valence-electron chi connectivity index (χ4n) is 3.63. The van der Waals surface area contributed by atoms with Crippen molar-refractivity contribution in [3.05, 3.63) is 35.2 Å². The molecular weight excluding hydrogens is 534 g/mol. The van der Waals surface area contributed by atoms with Crippen LogP contribution in [0.5, 0.6) is 5.75 Å². The van der Waals surface area contributed by atoms with Gasteiger partial charge in [-0.05, 0) is 13.3 Å². The Morgan fingerprint density at radius 1 is 1.19 bits per heavy atom. The second-order valence-electron chi connectivity index (χ2n) is 7.92. The number of ether oxygens (including phenoxy) is 2. The van der Waals surface area contributed by atoms with Gasteiger partial charge in [-0.3, -0.25) is 4.90 Å². The van der Waals surface area contributed by atoms with E-state index in [2.05, 4.69) is 25.3 Å². The molecule has 4 rings (SSSR count). The maximum Gasteiger partial charge on any atom is 1.00 e. The molecule has 1 aromatic carbocycles. The van der Waals surface area contributed by atoms with Crippen LogP contribution in [0.4, 0.5) is 27.8 Å². The number of hydrogen-bond donors (Lipinski definition) is 1. The van der Waals surface area contributed by atoms with Gasteiger partial charge in [-0.1, -0.05) is 11.6 Å². The molecule has 3 aromatic rings. The Hall–Kier alpha value is -2.48. The second kappa shape index (κ2) is 11.7. The molecular formula is C21H23Cl2F5N6O2. The Morgan fingerprint density at radius 3 is 2.50 bits per heavy atom. The van der Waals surface area contributed by atoms with Crippen molar-refractivity contribution in [2.24, 2.45) is 0 Å². The van der Waals surface area contributed by atoms with Crippen LogP contribution in [0.1, 0.15) is 14.8 Å². The first-order chi connectivity index (χ1) is 16.6. The quantitative estimate of drug-likeness (QED) is 0.254. The minimum atomic E-state index is -4.66. The summed E-state index contributed by atoms with van der Waals surface area (Å²) in [6.45, 7) is 4.76. The molecule has 36 heavy (non-hydrogen) atoms. The summed E-state index contributed by atoms with van der Waals surface area (Å²) in [6, 6.07) is -0.190. The van der Waals surface area contributed by atoms with Gasteiger partial charge in [-0.2, -0.15) is 32.8 Å². The van der Waals surface area contributed by atoms with E-state index in [1.165, 1.54) is 0 Å². The lowest BCUT2D eigenvalue weighted by atomic mass is 10.1. The Bertz CT molecular complexity index is 1170. The molecule has 1 aliphatic rings. The highest BCUT2D eigenvalue weighted by atomic mass is 35.5. The number of benzene rings is 1. The van der Waals surface area contributed by atoms with Crippen molar-refractivity contribution in [2.45, 2.75) is 25.6 Å². The molecule has 0 unspecified atom stereocenters. The van der Waals surface area contributed by atoms with E-state index in [4.69, 9.17) is 21.1 Å². The van der Waals surface area contributed by atoms with Gasteiger partial charge in [0.15, 0.2) is 0 Å². The zero-order valence-electron chi connectivity index (χ0n) is 20.0. The molecule has 1 N–H and O–H groups in total. The van der Waals surface area contributed by atoms with Crippen molar-refractivity contribution in [2.75, 3.05) is 44.8 Å². The lowest BCUT2D eigenvalue weighted by molar-refractivity contribution is -0.138. The first kappa shape index (κ1) is 28.1. The smallest absolute Gasteiger partial charge is 1.00 e. The third kappa shape index (κ3) is 6.25. The molecule has 0 saturated carbocycles. The summed E-state index contributed by atoms with van der Waals surface area (Å²) in [4.78, 5) is 9.90. The van der Waals surface area contributed by atoms with Gasteiger partial charge < -0.3 is 27.2 Å². The topological polar surface area (TPSA) is 76.8 Å². The number of nitrogens with one attached hydrogen (secondary N) is 1. The predicted octanol–water partition coefficient (Wildman–Crippen LogP) is 1.30. The predicted molar refractivity (Wildman–Crippen MR) is 119 cm³/mol. The number of aromatic nitrogens is 4. The van der Waals surface area contributed by atoms with E-state index < -0.39 is 46.0 Å². The van der Waals surface area contributed by atoms with E-state index in [1.807, 2.05) is 0 Å². The van der Waals surface area contributed by atoms with Gasteiger partial charge in [0, 0.05) is 31.8 Å². The van der Waals surface area contributed by atoms with E-state index in [0.29, 0.717) is 19.6 Å². The first-order valence-corrected chi connectivity index (χ1v) is 11.2. The van der Waals surface area contributed by atoms with Gasteiger partial charge in [-0.15, -0.1) is 0 Å². The van der Waals surface area contributed by atoms with Crippen molar-refractivity contribution >= 4 is 23.2 Å². The highest BCUT2D eigenvalue weighted by Crippen LogP contribution is 2.39. The molecule has 3 heterocycles. The highest BCUT2D eigenvalue weighted by molar-refractivity contribution is 6.33. The van der Waals surface area contributed by atoms with Gasteiger partial charge in [0.2, 0.25) is 0 Å². The Labute approximate surface area is 215 Å². The Balaban J connectivity index is 0.00000241. The van der Waals surface area contributed by atoms with Crippen LogP contribution >= 0.6 is 11.6 Å².